The minimum atomic E-state index is -0.261. The molecular weight excluding hydrogens is 90.1 g/mol. The van der Waals surface area contributed by atoms with Crippen molar-refractivity contribution in [2.75, 3.05) is 6.54 Å². The van der Waals surface area contributed by atoms with Gasteiger partial charge in [0.25, 0.3) is 0 Å². The molecule has 0 amide bonds. The van der Waals surface area contributed by atoms with Crippen LogP contribution in [0.15, 0.2) is 4.63 Å². The fraction of sp³-hybridized carbons (Fsp3) is 1.00. The molecule has 0 N–H and O–H groups in total. The summed E-state index contributed by atoms with van der Waals surface area (Å²) in [5.74, 6) is 0. The average molecular weight is 101 g/mol. The molecule has 0 rings (SSSR count). The van der Waals surface area contributed by atoms with E-state index < -0.39 is 0 Å². The Hall–Kier alpha value is 0.0169. The summed E-state index contributed by atoms with van der Waals surface area (Å²) in [7, 11) is -0.261. The molecule has 0 spiro atoms. The van der Waals surface area contributed by atoms with Crippen LogP contribution in [0, 0.1) is 0 Å². The smallest absolute Gasteiger partial charge is 0.114 e. The summed E-state index contributed by atoms with van der Waals surface area (Å²) in [5.41, 5.74) is 0. The van der Waals surface area contributed by atoms with Crippen molar-refractivity contribution in [3.8, 4) is 0 Å². The van der Waals surface area contributed by atoms with Gasteiger partial charge in [0.2, 0.25) is 0 Å². The lowest BCUT2D eigenvalue weighted by atomic mass is 10.8. The standard InChI is InChI=1S/C4H11NSi/c1-4-5-6(2)3/h4H2,1-3H3. The van der Waals surface area contributed by atoms with E-state index in [9.17, 15) is 0 Å². The van der Waals surface area contributed by atoms with E-state index in [2.05, 4.69) is 24.7 Å². The van der Waals surface area contributed by atoms with Gasteiger partial charge in [-0.3, -0.25) is 0 Å². The van der Waals surface area contributed by atoms with Gasteiger partial charge < -0.3 is 4.63 Å². The molecule has 0 bridgehead atoms. The first-order valence-corrected chi connectivity index (χ1v) is 4.69. The molecule has 0 heterocycles. The number of nitrogens with zero attached hydrogens (tertiary/aromatic N) is 1. The van der Waals surface area contributed by atoms with Crippen molar-refractivity contribution in [3.05, 3.63) is 0 Å². The maximum atomic E-state index is 4.23. The second-order valence-corrected chi connectivity index (χ2v) is 3.63. The van der Waals surface area contributed by atoms with Crippen LogP contribution in [0.4, 0.5) is 0 Å². The average Bonchev–Trinajstić information content (AvgIpc) is 1.35. The third kappa shape index (κ3) is 4.02. The highest BCUT2D eigenvalue weighted by Crippen LogP contribution is 1.69. The van der Waals surface area contributed by atoms with E-state index in [0.29, 0.717) is 0 Å². The summed E-state index contributed by atoms with van der Waals surface area (Å²) in [6, 6.07) is 0. The van der Waals surface area contributed by atoms with E-state index in [1.54, 1.807) is 0 Å². The summed E-state index contributed by atoms with van der Waals surface area (Å²) in [6.45, 7) is 7.46. The molecule has 0 unspecified atom stereocenters. The Morgan fingerprint density at radius 3 is 2.00 bits per heavy atom. The molecule has 36 valence electrons. The molecule has 0 radical (unpaired) electrons. The summed E-state index contributed by atoms with van der Waals surface area (Å²) < 4.78 is 4.23. The maximum Gasteiger partial charge on any atom is 0.114 e. The highest BCUT2D eigenvalue weighted by Gasteiger charge is 1.70. The van der Waals surface area contributed by atoms with Gasteiger partial charge in [-0.15, -0.1) is 0 Å². The number of rotatable bonds is 1. The van der Waals surface area contributed by atoms with Crippen LogP contribution in [0.2, 0.25) is 13.1 Å². The first-order chi connectivity index (χ1) is 2.77. The molecule has 0 aromatic carbocycles. The molecule has 0 saturated heterocycles. The van der Waals surface area contributed by atoms with E-state index in [0.717, 1.165) is 6.54 Å². The monoisotopic (exact) mass is 101 g/mol. The third-order valence-corrected chi connectivity index (χ3v) is 1.42. The van der Waals surface area contributed by atoms with Crippen molar-refractivity contribution in [2.24, 2.45) is 4.63 Å². The highest BCUT2D eigenvalue weighted by molar-refractivity contribution is 6.43. The van der Waals surface area contributed by atoms with Crippen LogP contribution in [0.25, 0.3) is 0 Å². The van der Waals surface area contributed by atoms with Gasteiger partial charge in [-0.1, -0.05) is 0 Å². The van der Waals surface area contributed by atoms with Gasteiger partial charge in [-0.25, -0.2) is 0 Å². The van der Waals surface area contributed by atoms with Crippen LogP contribution < -0.4 is 0 Å². The Morgan fingerprint density at radius 2 is 2.00 bits per heavy atom. The third-order valence-electron chi connectivity index (χ3n) is 0.474. The van der Waals surface area contributed by atoms with E-state index in [-0.39, 0.29) is 8.59 Å². The largest absolute Gasteiger partial charge is 0.338 e. The van der Waals surface area contributed by atoms with E-state index in [4.69, 9.17) is 0 Å². The Bertz CT molecular complexity index is 54.6. The molecule has 0 aromatic heterocycles. The van der Waals surface area contributed by atoms with Crippen molar-refractivity contribution < 1.29 is 0 Å². The van der Waals surface area contributed by atoms with Crippen molar-refractivity contribution >= 4 is 8.59 Å². The summed E-state index contributed by atoms with van der Waals surface area (Å²) in [5, 5.41) is 0. The Morgan fingerprint density at radius 1 is 1.50 bits per heavy atom. The molecular formula is C4H11NSi. The van der Waals surface area contributed by atoms with Gasteiger partial charge >= 0.3 is 0 Å². The minimum absolute atomic E-state index is 0.261. The molecule has 0 fully saturated rings. The molecule has 0 atom stereocenters. The molecule has 0 aliphatic heterocycles. The topological polar surface area (TPSA) is 12.4 Å². The van der Waals surface area contributed by atoms with Crippen molar-refractivity contribution in [2.45, 2.75) is 20.0 Å². The van der Waals surface area contributed by atoms with Gasteiger partial charge in [0.15, 0.2) is 0 Å². The zero-order valence-corrected chi connectivity index (χ0v) is 5.65. The molecule has 0 aliphatic carbocycles. The molecule has 1 nitrogen and oxygen atoms in total. The highest BCUT2D eigenvalue weighted by atomic mass is 28.2. The fourth-order valence-electron chi connectivity index (χ4n) is 0.316. The first-order valence-electron chi connectivity index (χ1n) is 2.25. The van der Waals surface area contributed by atoms with Crippen molar-refractivity contribution in [1.29, 1.82) is 0 Å². The normalized spacial score (nSPS) is 7.83. The second kappa shape index (κ2) is 3.22. The first kappa shape index (κ1) is 6.02. The van der Waals surface area contributed by atoms with E-state index in [1.165, 1.54) is 0 Å². The molecule has 0 saturated carbocycles. The van der Waals surface area contributed by atoms with Crippen LogP contribution in [0.3, 0.4) is 0 Å². The van der Waals surface area contributed by atoms with Crippen LogP contribution in [0.5, 0.6) is 0 Å². The summed E-state index contributed by atoms with van der Waals surface area (Å²) >= 11 is 0. The molecule has 0 aliphatic rings. The molecule has 6 heavy (non-hydrogen) atoms. The molecule has 2 heteroatoms. The van der Waals surface area contributed by atoms with Crippen LogP contribution in [-0.2, 0) is 0 Å². The summed E-state index contributed by atoms with van der Waals surface area (Å²) in [4.78, 5) is 0. The SMILES string of the molecule is CCN=[Si](C)C. The van der Waals surface area contributed by atoms with Gasteiger partial charge in [0.1, 0.15) is 8.59 Å². The summed E-state index contributed by atoms with van der Waals surface area (Å²) in [6.07, 6.45) is 0. The lowest BCUT2D eigenvalue weighted by Gasteiger charge is -1.79. The lowest BCUT2D eigenvalue weighted by Crippen LogP contribution is -1.82. The van der Waals surface area contributed by atoms with Crippen LogP contribution >= 0.6 is 0 Å². The zero-order valence-electron chi connectivity index (χ0n) is 4.65. The predicted octanol–water partition coefficient (Wildman–Crippen LogP) is 1.53. The Kier molecular flexibility index (Phi) is 3.23. The lowest BCUT2D eigenvalue weighted by molar-refractivity contribution is 1.14. The van der Waals surface area contributed by atoms with Gasteiger partial charge in [-0.2, -0.15) is 0 Å². The quantitative estimate of drug-likeness (QED) is 0.444. The second-order valence-electron chi connectivity index (χ2n) is 1.42. The van der Waals surface area contributed by atoms with Crippen molar-refractivity contribution in [1.82, 2.24) is 0 Å². The minimum Gasteiger partial charge on any atom is -0.338 e. The fourth-order valence-corrected chi connectivity index (χ4v) is 0.949. The van der Waals surface area contributed by atoms with Crippen LogP contribution in [0.1, 0.15) is 6.92 Å². The number of hydrogen-bond acceptors (Lipinski definition) is 1. The molecule has 0 aromatic rings. The zero-order chi connectivity index (χ0) is 4.99. The van der Waals surface area contributed by atoms with Gasteiger partial charge in [0.05, 0.1) is 0 Å². The Balaban J connectivity index is 3.14. The predicted molar refractivity (Wildman–Crippen MR) is 30.5 cm³/mol. The van der Waals surface area contributed by atoms with E-state index in [1.807, 2.05) is 0 Å². The van der Waals surface area contributed by atoms with Gasteiger partial charge in [-0.05, 0) is 20.0 Å². The maximum absolute atomic E-state index is 4.23. The van der Waals surface area contributed by atoms with Crippen molar-refractivity contribution in [3.63, 3.8) is 0 Å². The number of hydrogen-bond donors (Lipinski definition) is 0. The van der Waals surface area contributed by atoms with Crippen LogP contribution in [-0.4, -0.2) is 15.1 Å². The van der Waals surface area contributed by atoms with Gasteiger partial charge in [0, 0.05) is 6.54 Å². The Labute approximate surface area is 40.7 Å². The van der Waals surface area contributed by atoms with E-state index >= 15 is 0 Å².